The molecule has 0 unspecified atom stereocenters. The van der Waals surface area contributed by atoms with Gasteiger partial charge in [0.2, 0.25) is 5.91 Å². The third kappa shape index (κ3) is 2.56. The van der Waals surface area contributed by atoms with E-state index < -0.39 is 12.1 Å². The molecule has 0 aliphatic carbocycles. The smallest absolute Gasteiger partial charge is 0.331 e. The van der Waals surface area contributed by atoms with Crippen molar-refractivity contribution >= 4 is 11.9 Å². The van der Waals surface area contributed by atoms with E-state index in [0.717, 1.165) is 0 Å². The van der Waals surface area contributed by atoms with Gasteiger partial charge in [0.05, 0.1) is 6.10 Å². The summed E-state index contributed by atoms with van der Waals surface area (Å²) in [5.41, 5.74) is 0.290. The second kappa shape index (κ2) is 4.44. The van der Waals surface area contributed by atoms with Crippen LogP contribution in [0.5, 0.6) is 0 Å². The number of carboxylic acids is 1. The first kappa shape index (κ1) is 11.7. The third-order valence-corrected chi connectivity index (χ3v) is 2.65. The molecule has 1 aliphatic rings. The molecule has 0 saturated carbocycles. The molecule has 0 aromatic rings. The Kier molecular flexibility index (Phi) is 3.47. The van der Waals surface area contributed by atoms with Crippen molar-refractivity contribution in [3.63, 3.8) is 0 Å². The SMILES string of the molecule is CC(C(=O)O)=C(C)C(=O)N1CC[C@H](O)C1. The van der Waals surface area contributed by atoms with Crippen LogP contribution in [0.1, 0.15) is 20.3 Å². The van der Waals surface area contributed by atoms with E-state index in [1.54, 1.807) is 0 Å². The van der Waals surface area contributed by atoms with E-state index in [1.165, 1.54) is 18.7 Å². The molecule has 5 heteroatoms. The van der Waals surface area contributed by atoms with E-state index in [9.17, 15) is 14.7 Å². The summed E-state index contributed by atoms with van der Waals surface area (Å²) in [6.45, 7) is 3.69. The van der Waals surface area contributed by atoms with E-state index in [4.69, 9.17) is 5.11 Å². The van der Waals surface area contributed by atoms with Crippen LogP contribution in [0.3, 0.4) is 0 Å². The molecule has 1 atom stereocenters. The first-order valence-electron chi connectivity index (χ1n) is 4.81. The lowest BCUT2D eigenvalue weighted by Gasteiger charge is -2.16. The standard InChI is InChI=1S/C10H15NO4/c1-6(7(2)10(14)15)9(13)11-4-3-8(12)5-11/h8,12H,3-5H2,1-2H3,(H,14,15)/t8-/m0/s1. The van der Waals surface area contributed by atoms with Crippen molar-refractivity contribution in [3.05, 3.63) is 11.1 Å². The Balaban J connectivity index is 2.77. The van der Waals surface area contributed by atoms with Crippen molar-refractivity contribution in [3.8, 4) is 0 Å². The lowest BCUT2D eigenvalue weighted by atomic mass is 10.1. The molecule has 1 heterocycles. The molecule has 84 valence electrons. The second-order valence-corrected chi connectivity index (χ2v) is 3.75. The second-order valence-electron chi connectivity index (χ2n) is 3.75. The number of aliphatic carboxylic acids is 1. The molecule has 0 spiro atoms. The van der Waals surface area contributed by atoms with Crippen molar-refractivity contribution < 1.29 is 19.8 Å². The van der Waals surface area contributed by atoms with E-state index in [1.807, 2.05) is 0 Å². The van der Waals surface area contributed by atoms with Crippen LogP contribution in [0.2, 0.25) is 0 Å². The van der Waals surface area contributed by atoms with Gasteiger partial charge in [0.25, 0.3) is 0 Å². The number of amides is 1. The number of hydrogen-bond donors (Lipinski definition) is 2. The Labute approximate surface area is 88.0 Å². The molecule has 0 bridgehead atoms. The maximum Gasteiger partial charge on any atom is 0.331 e. The van der Waals surface area contributed by atoms with Crippen molar-refractivity contribution in [2.24, 2.45) is 0 Å². The fraction of sp³-hybridized carbons (Fsp3) is 0.600. The topological polar surface area (TPSA) is 77.8 Å². The van der Waals surface area contributed by atoms with Gasteiger partial charge in [-0.3, -0.25) is 4.79 Å². The first-order chi connectivity index (χ1) is 6.93. The molecule has 0 radical (unpaired) electrons. The summed E-state index contributed by atoms with van der Waals surface area (Å²) >= 11 is 0. The minimum atomic E-state index is -1.08. The molecule has 2 N–H and O–H groups in total. The number of β-amino-alcohol motifs (C(OH)–C–C–N with tert-alkyl or cyclic N) is 1. The van der Waals surface area contributed by atoms with Crippen molar-refractivity contribution in [1.82, 2.24) is 4.90 Å². The molecule has 1 rings (SSSR count). The number of rotatable bonds is 2. The zero-order chi connectivity index (χ0) is 11.6. The largest absolute Gasteiger partial charge is 0.478 e. The summed E-state index contributed by atoms with van der Waals surface area (Å²) < 4.78 is 0. The quantitative estimate of drug-likeness (QED) is 0.633. The van der Waals surface area contributed by atoms with Gasteiger partial charge in [-0.25, -0.2) is 4.79 Å². The van der Waals surface area contributed by atoms with Gasteiger partial charge in [-0.2, -0.15) is 0 Å². The van der Waals surface area contributed by atoms with Crippen LogP contribution in [-0.4, -0.2) is 46.2 Å². The van der Waals surface area contributed by atoms with E-state index in [2.05, 4.69) is 0 Å². The minimum absolute atomic E-state index is 0.0568. The zero-order valence-electron chi connectivity index (χ0n) is 8.86. The van der Waals surface area contributed by atoms with Gasteiger partial charge in [-0.05, 0) is 20.3 Å². The average Bonchev–Trinajstić information content (AvgIpc) is 2.61. The van der Waals surface area contributed by atoms with Crippen LogP contribution in [-0.2, 0) is 9.59 Å². The normalized spacial score (nSPS) is 22.6. The fourth-order valence-electron chi connectivity index (χ4n) is 1.48. The highest BCUT2D eigenvalue weighted by Crippen LogP contribution is 2.14. The number of carbonyl (C=O) groups excluding carboxylic acids is 1. The highest BCUT2D eigenvalue weighted by molar-refractivity contribution is 6.01. The molecule has 1 fully saturated rings. The number of carboxylic acid groups (broad SMARTS) is 1. The molecular weight excluding hydrogens is 198 g/mol. The fourth-order valence-corrected chi connectivity index (χ4v) is 1.48. The van der Waals surface area contributed by atoms with E-state index in [-0.39, 0.29) is 17.1 Å². The van der Waals surface area contributed by atoms with Crippen LogP contribution < -0.4 is 0 Å². The Morgan fingerprint density at radius 1 is 1.27 bits per heavy atom. The minimum Gasteiger partial charge on any atom is -0.478 e. The summed E-state index contributed by atoms with van der Waals surface area (Å²) in [7, 11) is 0. The predicted octanol–water partition coefficient (Wildman–Crippen LogP) is 0.000600. The van der Waals surface area contributed by atoms with E-state index >= 15 is 0 Å². The van der Waals surface area contributed by atoms with Crippen LogP contribution in [0.25, 0.3) is 0 Å². The maximum absolute atomic E-state index is 11.7. The monoisotopic (exact) mass is 213 g/mol. The lowest BCUT2D eigenvalue weighted by molar-refractivity contribution is -0.133. The molecule has 1 amide bonds. The predicted molar refractivity (Wildman–Crippen MR) is 53.2 cm³/mol. The summed E-state index contributed by atoms with van der Waals surface area (Å²) in [6.07, 6.45) is 0.0809. The first-order valence-corrected chi connectivity index (χ1v) is 4.81. The van der Waals surface area contributed by atoms with Crippen molar-refractivity contribution in [1.29, 1.82) is 0 Å². The van der Waals surface area contributed by atoms with Gasteiger partial charge >= 0.3 is 5.97 Å². The number of carbonyl (C=O) groups is 2. The van der Waals surface area contributed by atoms with Crippen LogP contribution in [0.4, 0.5) is 0 Å². The Bertz CT molecular complexity index is 321. The Hall–Kier alpha value is -1.36. The highest BCUT2D eigenvalue weighted by atomic mass is 16.4. The highest BCUT2D eigenvalue weighted by Gasteiger charge is 2.26. The molecule has 1 saturated heterocycles. The molecule has 0 aromatic carbocycles. The average molecular weight is 213 g/mol. The maximum atomic E-state index is 11.7. The van der Waals surface area contributed by atoms with Crippen molar-refractivity contribution in [2.45, 2.75) is 26.4 Å². The third-order valence-electron chi connectivity index (χ3n) is 2.65. The number of aliphatic hydroxyl groups is 1. The number of likely N-dealkylation sites (tertiary alicyclic amines) is 1. The molecule has 15 heavy (non-hydrogen) atoms. The van der Waals surface area contributed by atoms with Gasteiger partial charge in [0.1, 0.15) is 0 Å². The Morgan fingerprint density at radius 2 is 1.87 bits per heavy atom. The summed E-state index contributed by atoms with van der Waals surface area (Å²) in [5.74, 6) is -1.38. The van der Waals surface area contributed by atoms with Crippen LogP contribution >= 0.6 is 0 Å². The number of nitrogens with zero attached hydrogens (tertiary/aromatic N) is 1. The number of hydrogen-bond acceptors (Lipinski definition) is 3. The summed E-state index contributed by atoms with van der Waals surface area (Å²) in [6, 6.07) is 0. The molecule has 0 aromatic heterocycles. The number of aliphatic hydroxyl groups excluding tert-OH is 1. The van der Waals surface area contributed by atoms with Gasteiger partial charge < -0.3 is 15.1 Å². The molecule has 5 nitrogen and oxygen atoms in total. The van der Waals surface area contributed by atoms with Gasteiger partial charge in [0, 0.05) is 24.2 Å². The van der Waals surface area contributed by atoms with Crippen molar-refractivity contribution in [2.75, 3.05) is 13.1 Å². The van der Waals surface area contributed by atoms with Gasteiger partial charge in [-0.1, -0.05) is 0 Å². The van der Waals surface area contributed by atoms with Gasteiger partial charge in [0.15, 0.2) is 0 Å². The van der Waals surface area contributed by atoms with Gasteiger partial charge in [-0.15, -0.1) is 0 Å². The summed E-state index contributed by atoms with van der Waals surface area (Å²) in [5, 5.41) is 18.0. The summed E-state index contributed by atoms with van der Waals surface area (Å²) in [4.78, 5) is 23.9. The molecule has 1 aliphatic heterocycles. The Morgan fingerprint density at radius 3 is 2.27 bits per heavy atom. The van der Waals surface area contributed by atoms with Crippen LogP contribution in [0.15, 0.2) is 11.1 Å². The lowest BCUT2D eigenvalue weighted by Crippen LogP contribution is -2.31. The van der Waals surface area contributed by atoms with E-state index in [0.29, 0.717) is 19.5 Å². The molecular formula is C10H15NO4. The van der Waals surface area contributed by atoms with Crippen LogP contribution in [0, 0.1) is 0 Å². The zero-order valence-corrected chi connectivity index (χ0v) is 8.86.